The van der Waals surface area contributed by atoms with Crippen LogP contribution in [-0.4, -0.2) is 72.6 Å². The smallest absolute Gasteiger partial charge is 0.208 e. The zero-order valence-corrected chi connectivity index (χ0v) is 23.0. The zero-order chi connectivity index (χ0) is 22.1. The van der Waals surface area contributed by atoms with Gasteiger partial charge in [-0.05, 0) is 85.4 Å². The summed E-state index contributed by atoms with van der Waals surface area (Å²) in [5.74, 6) is 3.42. The second-order valence-corrected chi connectivity index (χ2v) is 9.35. The van der Waals surface area contributed by atoms with Crippen molar-refractivity contribution in [1.29, 1.82) is 0 Å². The van der Waals surface area contributed by atoms with E-state index in [2.05, 4.69) is 39.3 Å². The molecule has 3 heterocycles. The molecular formula is C24H45IN6O. The molecule has 2 aliphatic heterocycles. The van der Waals surface area contributed by atoms with Gasteiger partial charge in [0.2, 0.25) is 5.89 Å². The predicted octanol–water partition coefficient (Wildman–Crippen LogP) is 3.94. The first-order chi connectivity index (χ1) is 15.0. The quantitative estimate of drug-likeness (QED) is 0.207. The van der Waals surface area contributed by atoms with Crippen LogP contribution in [0.25, 0.3) is 0 Å². The van der Waals surface area contributed by atoms with Crippen LogP contribution in [0.15, 0.2) is 9.41 Å². The highest BCUT2D eigenvalue weighted by Gasteiger charge is 2.21. The third kappa shape index (κ3) is 8.82. The average Bonchev–Trinajstić information content (AvgIpc) is 3.08. The molecule has 0 aromatic carbocycles. The van der Waals surface area contributed by atoms with E-state index in [4.69, 9.17) is 9.41 Å². The van der Waals surface area contributed by atoms with E-state index >= 15 is 0 Å². The summed E-state index contributed by atoms with van der Waals surface area (Å²) < 4.78 is 5.75. The van der Waals surface area contributed by atoms with Crippen LogP contribution in [0.3, 0.4) is 0 Å². The Kier molecular flexibility index (Phi) is 12.3. The Hall–Kier alpha value is -0.870. The van der Waals surface area contributed by atoms with Crippen molar-refractivity contribution in [2.45, 2.75) is 78.8 Å². The number of aromatic nitrogens is 1. The minimum atomic E-state index is 0. The lowest BCUT2D eigenvalue weighted by Gasteiger charge is -2.33. The number of hydrogen-bond donors (Lipinski definition) is 2. The van der Waals surface area contributed by atoms with Gasteiger partial charge in [0.25, 0.3) is 0 Å². The second kappa shape index (κ2) is 14.4. The summed E-state index contributed by atoms with van der Waals surface area (Å²) >= 11 is 0. The predicted molar refractivity (Wildman–Crippen MR) is 143 cm³/mol. The largest absolute Gasteiger partial charge is 0.444 e. The van der Waals surface area contributed by atoms with Crippen molar-refractivity contribution in [3.05, 3.63) is 17.3 Å². The van der Waals surface area contributed by atoms with E-state index in [1.54, 1.807) is 0 Å². The van der Waals surface area contributed by atoms with Gasteiger partial charge in [0.05, 0.1) is 12.2 Å². The molecule has 32 heavy (non-hydrogen) atoms. The highest BCUT2D eigenvalue weighted by molar-refractivity contribution is 14.0. The van der Waals surface area contributed by atoms with Crippen LogP contribution >= 0.6 is 24.0 Å². The van der Waals surface area contributed by atoms with Crippen LogP contribution in [-0.2, 0) is 6.54 Å². The van der Waals surface area contributed by atoms with Crippen LogP contribution < -0.4 is 10.6 Å². The molecule has 0 bridgehead atoms. The van der Waals surface area contributed by atoms with Gasteiger partial charge in [-0.3, -0.25) is 9.89 Å². The second-order valence-electron chi connectivity index (χ2n) is 9.35. The minimum absolute atomic E-state index is 0. The molecule has 7 nitrogen and oxygen atoms in total. The third-order valence-corrected chi connectivity index (χ3v) is 6.85. The summed E-state index contributed by atoms with van der Waals surface area (Å²) in [6, 6.07) is 0.748. The first kappa shape index (κ1) is 27.4. The van der Waals surface area contributed by atoms with E-state index < -0.39 is 0 Å². The van der Waals surface area contributed by atoms with Crippen LogP contribution in [0.5, 0.6) is 0 Å². The molecule has 0 aliphatic carbocycles. The molecule has 2 saturated heterocycles. The molecule has 1 unspecified atom stereocenters. The van der Waals surface area contributed by atoms with Gasteiger partial charge in [-0.2, -0.15) is 0 Å². The van der Waals surface area contributed by atoms with Gasteiger partial charge in [0.15, 0.2) is 5.96 Å². The van der Waals surface area contributed by atoms with E-state index in [0.29, 0.717) is 5.92 Å². The van der Waals surface area contributed by atoms with E-state index in [-0.39, 0.29) is 24.0 Å². The number of likely N-dealkylation sites (tertiary alicyclic amines) is 2. The topological polar surface area (TPSA) is 68.9 Å². The van der Waals surface area contributed by atoms with Gasteiger partial charge in [-0.1, -0.05) is 6.42 Å². The van der Waals surface area contributed by atoms with Gasteiger partial charge >= 0.3 is 0 Å². The Morgan fingerprint density at radius 2 is 1.91 bits per heavy atom. The number of nitrogens with zero attached hydrogens (tertiary/aromatic N) is 4. The Morgan fingerprint density at radius 3 is 2.56 bits per heavy atom. The molecule has 0 saturated carbocycles. The number of aliphatic imine (C=N–C) groups is 1. The maximum absolute atomic E-state index is 5.75. The number of rotatable bonds is 9. The summed E-state index contributed by atoms with van der Waals surface area (Å²) in [6.07, 6.45) is 7.66. The third-order valence-electron chi connectivity index (χ3n) is 6.85. The number of guanidine groups is 1. The van der Waals surface area contributed by atoms with Crippen LogP contribution in [0.2, 0.25) is 0 Å². The summed E-state index contributed by atoms with van der Waals surface area (Å²) in [5, 5.41) is 6.96. The lowest BCUT2D eigenvalue weighted by Crippen LogP contribution is -2.41. The van der Waals surface area contributed by atoms with Crippen molar-refractivity contribution in [3.8, 4) is 0 Å². The first-order valence-corrected chi connectivity index (χ1v) is 12.5. The lowest BCUT2D eigenvalue weighted by atomic mass is 9.97. The van der Waals surface area contributed by atoms with Crippen molar-refractivity contribution in [2.24, 2.45) is 10.9 Å². The number of piperidine rings is 2. The molecule has 1 atom stereocenters. The fraction of sp³-hybridized carbons (Fsp3) is 0.833. The van der Waals surface area contributed by atoms with Crippen LogP contribution in [0, 0.1) is 19.8 Å². The van der Waals surface area contributed by atoms with E-state index in [9.17, 15) is 0 Å². The molecular weight excluding hydrogens is 515 g/mol. The fourth-order valence-corrected chi connectivity index (χ4v) is 4.67. The highest BCUT2D eigenvalue weighted by Crippen LogP contribution is 2.20. The first-order valence-electron chi connectivity index (χ1n) is 12.5. The van der Waals surface area contributed by atoms with Gasteiger partial charge in [0.1, 0.15) is 5.76 Å². The van der Waals surface area contributed by atoms with Crippen LogP contribution in [0.4, 0.5) is 0 Å². The van der Waals surface area contributed by atoms with Crippen LogP contribution in [0.1, 0.15) is 69.7 Å². The molecule has 2 fully saturated rings. The van der Waals surface area contributed by atoms with Crippen molar-refractivity contribution in [2.75, 3.05) is 45.8 Å². The van der Waals surface area contributed by atoms with E-state index in [0.717, 1.165) is 68.6 Å². The number of halogens is 1. The molecule has 2 N–H and O–H groups in total. The summed E-state index contributed by atoms with van der Waals surface area (Å²) in [5.41, 5.74) is 1.01. The van der Waals surface area contributed by atoms with Gasteiger partial charge in [0, 0.05) is 32.2 Å². The zero-order valence-electron chi connectivity index (χ0n) is 20.7. The maximum atomic E-state index is 5.75. The van der Waals surface area contributed by atoms with E-state index in [1.807, 2.05) is 13.8 Å². The molecule has 0 spiro atoms. The molecule has 0 amide bonds. The van der Waals surface area contributed by atoms with E-state index in [1.165, 1.54) is 51.6 Å². The van der Waals surface area contributed by atoms with Crippen molar-refractivity contribution < 1.29 is 4.42 Å². The average molecular weight is 561 g/mol. The number of oxazole rings is 1. The lowest BCUT2D eigenvalue weighted by molar-refractivity contribution is 0.159. The van der Waals surface area contributed by atoms with Gasteiger partial charge < -0.3 is 20.0 Å². The summed E-state index contributed by atoms with van der Waals surface area (Å²) in [7, 11) is 0. The highest BCUT2D eigenvalue weighted by atomic mass is 127. The Bertz CT molecular complexity index is 667. The molecule has 2 aliphatic rings. The number of hydrogen-bond acceptors (Lipinski definition) is 5. The SMILES string of the molecule is CCNC(=NCC1CCN(Cc2nc(C)c(C)o2)CC1)NCCCN1CCCCC1C.I. The molecule has 8 heteroatoms. The summed E-state index contributed by atoms with van der Waals surface area (Å²) in [4.78, 5) is 14.5. The molecule has 3 rings (SSSR count). The Labute approximate surface area is 212 Å². The Balaban J connectivity index is 0.00000363. The number of aryl methyl sites for hydroxylation is 2. The standard InChI is InChI=1S/C24H44N6O.HI/c1-5-25-24(26-12-8-14-30-13-7-6-9-19(30)2)27-17-22-10-15-29(16-11-22)18-23-28-20(3)21(4)31-23;/h19,22H,5-18H2,1-4H3,(H2,25,26,27);1H. The Morgan fingerprint density at radius 1 is 1.12 bits per heavy atom. The molecule has 1 aromatic heterocycles. The molecule has 184 valence electrons. The minimum Gasteiger partial charge on any atom is -0.444 e. The number of nitrogens with one attached hydrogen (secondary N) is 2. The van der Waals surface area contributed by atoms with Gasteiger partial charge in [-0.15, -0.1) is 24.0 Å². The summed E-state index contributed by atoms with van der Waals surface area (Å²) in [6.45, 7) is 16.8. The fourth-order valence-electron chi connectivity index (χ4n) is 4.67. The van der Waals surface area contributed by atoms with Crippen molar-refractivity contribution >= 4 is 29.9 Å². The molecule has 1 aromatic rings. The van der Waals surface area contributed by atoms with Crippen molar-refractivity contribution in [3.63, 3.8) is 0 Å². The maximum Gasteiger partial charge on any atom is 0.208 e. The molecule has 0 radical (unpaired) electrons. The monoisotopic (exact) mass is 560 g/mol. The van der Waals surface area contributed by atoms with Gasteiger partial charge in [-0.25, -0.2) is 4.98 Å². The normalized spacial score (nSPS) is 21.4. The van der Waals surface area contributed by atoms with Crippen molar-refractivity contribution in [1.82, 2.24) is 25.4 Å².